The molecule has 0 N–H and O–H groups in total. The van der Waals surface area contributed by atoms with Gasteiger partial charge in [-0.15, -0.1) is 11.3 Å². The highest BCUT2D eigenvalue weighted by molar-refractivity contribution is 7.17. The summed E-state index contributed by atoms with van der Waals surface area (Å²) in [6, 6.07) is 10.3. The third kappa shape index (κ3) is 3.52. The molecule has 0 bridgehead atoms. The molecule has 6 heteroatoms. The van der Waals surface area contributed by atoms with Crippen molar-refractivity contribution in [3.63, 3.8) is 0 Å². The number of rotatable bonds is 3. The SMILES string of the molecule is Cc1cccc(N2CCN(C(=O)c3sc(-c4ccncc4)nc3C)CC2)c1C. The van der Waals surface area contributed by atoms with Crippen LogP contribution in [0.1, 0.15) is 26.5 Å². The molecule has 2 aromatic heterocycles. The van der Waals surface area contributed by atoms with E-state index in [-0.39, 0.29) is 5.91 Å². The molecule has 0 atom stereocenters. The van der Waals surface area contributed by atoms with Crippen LogP contribution in [0.4, 0.5) is 5.69 Å². The maximum Gasteiger partial charge on any atom is 0.265 e. The second-order valence-corrected chi connectivity index (χ2v) is 8.17. The lowest BCUT2D eigenvalue weighted by molar-refractivity contribution is 0.0750. The smallest absolute Gasteiger partial charge is 0.265 e. The fraction of sp³-hybridized carbons (Fsp3) is 0.318. The summed E-state index contributed by atoms with van der Waals surface area (Å²) in [5.41, 5.74) is 5.71. The van der Waals surface area contributed by atoms with Gasteiger partial charge in [0.2, 0.25) is 0 Å². The first-order chi connectivity index (χ1) is 13.5. The van der Waals surface area contributed by atoms with E-state index in [2.05, 4.69) is 46.9 Å². The Labute approximate surface area is 169 Å². The summed E-state index contributed by atoms with van der Waals surface area (Å²) in [5.74, 6) is 0.0934. The summed E-state index contributed by atoms with van der Waals surface area (Å²) in [6.07, 6.45) is 3.50. The molecule has 3 heterocycles. The Morgan fingerprint density at radius 1 is 1.00 bits per heavy atom. The first kappa shape index (κ1) is 18.6. The first-order valence-electron chi connectivity index (χ1n) is 9.53. The molecule has 0 radical (unpaired) electrons. The molecule has 1 saturated heterocycles. The molecule has 5 nitrogen and oxygen atoms in total. The van der Waals surface area contributed by atoms with Crippen LogP contribution in [0, 0.1) is 20.8 Å². The van der Waals surface area contributed by atoms with Crippen molar-refractivity contribution >= 4 is 22.9 Å². The zero-order valence-electron chi connectivity index (χ0n) is 16.5. The predicted octanol–water partition coefficient (Wildman–Crippen LogP) is 4.09. The van der Waals surface area contributed by atoms with Crippen LogP contribution in [0.5, 0.6) is 0 Å². The van der Waals surface area contributed by atoms with E-state index in [1.165, 1.54) is 28.2 Å². The summed E-state index contributed by atoms with van der Waals surface area (Å²) >= 11 is 1.47. The minimum Gasteiger partial charge on any atom is -0.368 e. The minimum atomic E-state index is 0.0934. The molecule has 0 aliphatic carbocycles. The van der Waals surface area contributed by atoms with Crippen molar-refractivity contribution < 1.29 is 4.79 Å². The van der Waals surface area contributed by atoms with E-state index in [1.54, 1.807) is 12.4 Å². The molecule has 0 spiro atoms. The highest BCUT2D eigenvalue weighted by atomic mass is 32.1. The number of piperazine rings is 1. The topological polar surface area (TPSA) is 49.3 Å². The van der Waals surface area contributed by atoms with Gasteiger partial charge in [0, 0.05) is 49.8 Å². The van der Waals surface area contributed by atoms with Gasteiger partial charge in [0.15, 0.2) is 0 Å². The van der Waals surface area contributed by atoms with E-state index in [4.69, 9.17) is 0 Å². The van der Waals surface area contributed by atoms with Gasteiger partial charge >= 0.3 is 0 Å². The van der Waals surface area contributed by atoms with Gasteiger partial charge in [-0.25, -0.2) is 4.98 Å². The van der Waals surface area contributed by atoms with Crippen LogP contribution in [-0.2, 0) is 0 Å². The van der Waals surface area contributed by atoms with Gasteiger partial charge in [0.25, 0.3) is 5.91 Å². The molecule has 1 aliphatic heterocycles. The van der Waals surface area contributed by atoms with Gasteiger partial charge < -0.3 is 9.80 Å². The monoisotopic (exact) mass is 392 g/mol. The Morgan fingerprint density at radius 2 is 1.71 bits per heavy atom. The van der Waals surface area contributed by atoms with Gasteiger partial charge in [-0.1, -0.05) is 12.1 Å². The highest BCUT2D eigenvalue weighted by Gasteiger charge is 2.26. The Kier molecular flexibility index (Phi) is 5.13. The van der Waals surface area contributed by atoms with Gasteiger partial charge in [-0.05, 0) is 50.1 Å². The number of thiazole rings is 1. The molecule has 28 heavy (non-hydrogen) atoms. The number of anilines is 1. The molecule has 144 valence electrons. The fourth-order valence-electron chi connectivity index (χ4n) is 3.59. The third-order valence-electron chi connectivity index (χ3n) is 5.40. The third-order valence-corrected chi connectivity index (χ3v) is 6.60. The van der Waals surface area contributed by atoms with Gasteiger partial charge in [0.05, 0.1) is 5.69 Å². The number of nitrogens with zero attached hydrogens (tertiary/aromatic N) is 4. The largest absolute Gasteiger partial charge is 0.368 e. The maximum atomic E-state index is 13.1. The molecular formula is C22H24N4OS. The lowest BCUT2D eigenvalue weighted by Crippen LogP contribution is -2.49. The van der Waals surface area contributed by atoms with Crippen molar-refractivity contribution in [1.82, 2.24) is 14.9 Å². The maximum absolute atomic E-state index is 13.1. The van der Waals surface area contributed by atoms with E-state index in [0.29, 0.717) is 0 Å². The number of benzene rings is 1. The van der Waals surface area contributed by atoms with Crippen molar-refractivity contribution in [2.75, 3.05) is 31.1 Å². The Bertz CT molecular complexity index is 991. The summed E-state index contributed by atoms with van der Waals surface area (Å²) in [5, 5.41) is 0.872. The Morgan fingerprint density at radius 3 is 2.43 bits per heavy atom. The zero-order chi connectivity index (χ0) is 19.7. The van der Waals surface area contributed by atoms with E-state index in [9.17, 15) is 4.79 Å². The second kappa shape index (κ2) is 7.72. The number of carbonyl (C=O) groups is 1. The van der Waals surface area contributed by atoms with Crippen LogP contribution in [-0.4, -0.2) is 47.0 Å². The molecule has 1 amide bonds. The summed E-state index contributed by atoms with van der Waals surface area (Å²) in [4.78, 5) is 26.8. The van der Waals surface area contributed by atoms with E-state index in [0.717, 1.165) is 47.3 Å². The molecular weight excluding hydrogens is 368 g/mol. The van der Waals surface area contributed by atoms with Gasteiger partial charge in [0.1, 0.15) is 9.88 Å². The van der Waals surface area contributed by atoms with E-state index >= 15 is 0 Å². The van der Waals surface area contributed by atoms with Gasteiger partial charge in [-0.3, -0.25) is 9.78 Å². The van der Waals surface area contributed by atoms with Crippen LogP contribution >= 0.6 is 11.3 Å². The number of pyridine rings is 1. The molecule has 4 rings (SSSR count). The Balaban J connectivity index is 1.47. The minimum absolute atomic E-state index is 0.0934. The number of aromatic nitrogens is 2. The second-order valence-electron chi connectivity index (χ2n) is 7.17. The standard InChI is InChI=1S/C22H24N4OS/c1-15-5-4-6-19(16(15)2)25-11-13-26(14-12-25)22(27)20-17(3)24-21(28-20)18-7-9-23-10-8-18/h4-10H,11-14H2,1-3H3. The molecule has 1 fully saturated rings. The molecule has 1 aliphatic rings. The average Bonchev–Trinajstić information content (AvgIpc) is 3.12. The van der Waals surface area contributed by atoms with E-state index < -0.39 is 0 Å². The van der Waals surface area contributed by atoms with Crippen molar-refractivity contribution in [2.24, 2.45) is 0 Å². The number of amides is 1. The average molecular weight is 393 g/mol. The normalized spacial score (nSPS) is 14.4. The van der Waals surface area contributed by atoms with Crippen LogP contribution in [0.25, 0.3) is 10.6 Å². The van der Waals surface area contributed by atoms with E-state index in [1.807, 2.05) is 24.0 Å². The fourth-order valence-corrected chi connectivity index (χ4v) is 4.62. The first-order valence-corrected chi connectivity index (χ1v) is 10.3. The molecule has 0 unspecified atom stereocenters. The van der Waals surface area contributed by atoms with Crippen LogP contribution in [0.2, 0.25) is 0 Å². The van der Waals surface area contributed by atoms with Crippen LogP contribution in [0.3, 0.4) is 0 Å². The molecule has 1 aromatic carbocycles. The summed E-state index contributed by atoms with van der Waals surface area (Å²) in [7, 11) is 0. The van der Waals surface area contributed by atoms with Gasteiger partial charge in [-0.2, -0.15) is 0 Å². The lowest BCUT2D eigenvalue weighted by atomic mass is 10.1. The van der Waals surface area contributed by atoms with Crippen molar-refractivity contribution in [1.29, 1.82) is 0 Å². The predicted molar refractivity (Wildman–Crippen MR) is 114 cm³/mol. The highest BCUT2D eigenvalue weighted by Crippen LogP contribution is 2.29. The summed E-state index contributed by atoms with van der Waals surface area (Å²) < 4.78 is 0. The zero-order valence-corrected chi connectivity index (χ0v) is 17.3. The Hall–Kier alpha value is -2.73. The van der Waals surface area contributed by atoms with Crippen LogP contribution < -0.4 is 4.90 Å². The van der Waals surface area contributed by atoms with Crippen LogP contribution in [0.15, 0.2) is 42.7 Å². The molecule has 0 saturated carbocycles. The molecule has 3 aromatic rings. The van der Waals surface area contributed by atoms with Crippen molar-refractivity contribution in [3.05, 3.63) is 64.4 Å². The quantitative estimate of drug-likeness (QED) is 0.674. The number of hydrogen-bond donors (Lipinski definition) is 0. The number of hydrogen-bond acceptors (Lipinski definition) is 5. The van der Waals surface area contributed by atoms with Crippen molar-refractivity contribution in [2.45, 2.75) is 20.8 Å². The summed E-state index contributed by atoms with van der Waals surface area (Å²) in [6.45, 7) is 9.40. The number of carbonyl (C=O) groups excluding carboxylic acids is 1. The number of aryl methyl sites for hydroxylation is 2. The lowest BCUT2D eigenvalue weighted by Gasteiger charge is -2.37. The van der Waals surface area contributed by atoms with Crippen molar-refractivity contribution in [3.8, 4) is 10.6 Å².